The number of likely N-dealkylation sites (N-methyl/N-ethyl adjacent to an activating group) is 1. The number of pyridine rings is 1. The Hall–Kier alpha value is -5.43. The van der Waals surface area contributed by atoms with Crippen LogP contribution in [0.1, 0.15) is 56.6 Å². The lowest BCUT2D eigenvalue weighted by Crippen LogP contribution is -2.43. The van der Waals surface area contributed by atoms with E-state index in [1.165, 1.54) is 34.8 Å². The molecule has 7 rings (SSSR count). The first-order chi connectivity index (χ1) is 28.0. The van der Waals surface area contributed by atoms with Crippen molar-refractivity contribution in [2.75, 3.05) is 26.7 Å². The van der Waals surface area contributed by atoms with Gasteiger partial charge in [-0.15, -0.1) is 22.7 Å². The number of aromatic nitrogens is 1. The molecule has 2 bridgehead atoms. The molecule has 0 radical (unpaired) electrons. The molecule has 15 nitrogen and oxygen atoms in total. The quantitative estimate of drug-likeness (QED) is 0.0586. The van der Waals surface area contributed by atoms with Crippen LogP contribution in [-0.4, -0.2) is 99.1 Å². The molecule has 4 unspecified atom stereocenters. The highest BCUT2D eigenvalue weighted by Crippen LogP contribution is 2.49. The maximum absolute atomic E-state index is 13.6. The van der Waals surface area contributed by atoms with Crippen molar-refractivity contribution in [2.24, 2.45) is 11.8 Å². The Labute approximate surface area is 341 Å². The van der Waals surface area contributed by atoms with Crippen molar-refractivity contribution in [2.45, 2.75) is 49.7 Å². The SMILES string of the molecule is CN(CCNC(=O)c1ccc(CNC[C@H](O)c2ccc(O)c3[nH]c(=O)ccc23)cc1)C1C2CCC1C(OC(=O)C(O)(c1cccs1)c1cccs1)C2.O=CO.O=CO. The molecule has 2 aliphatic carbocycles. The van der Waals surface area contributed by atoms with Crippen LogP contribution in [0, 0.1) is 11.8 Å². The Morgan fingerprint density at radius 3 is 2.26 bits per heavy atom. The van der Waals surface area contributed by atoms with Gasteiger partial charge in [0.05, 0.1) is 21.4 Å². The number of carboxylic acid groups (broad SMARTS) is 2. The number of esters is 1. The molecule has 0 spiro atoms. The fourth-order valence-corrected chi connectivity index (χ4v) is 9.67. The number of hydrogen-bond acceptors (Lipinski definition) is 13. The molecular formula is C41H46N4O11S2. The van der Waals surface area contributed by atoms with Gasteiger partial charge in [-0.3, -0.25) is 19.2 Å². The zero-order chi connectivity index (χ0) is 41.8. The zero-order valence-corrected chi connectivity index (χ0v) is 33.2. The minimum Gasteiger partial charge on any atom is -0.506 e. The highest BCUT2D eigenvalue weighted by molar-refractivity contribution is 7.12. The van der Waals surface area contributed by atoms with Crippen molar-refractivity contribution in [3.63, 3.8) is 0 Å². The molecule has 58 heavy (non-hydrogen) atoms. The number of thiophene rings is 2. The molecule has 3 heterocycles. The van der Waals surface area contributed by atoms with Crippen LogP contribution in [-0.2, 0) is 31.3 Å². The standard InChI is InChI=1S/C39H42N4O7S2.2CH2O2/c1-43(36-25-10-11-28(36)31(20-25)50-38(48)39(49,32-4-2-18-51-32)33-5-3-19-52-33)17-16-41-37(47)24-8-6-23(7-9-24)21-40-22-30(45)26-12-14-29(44)35-27(26)13-15-34(46)42-35;2*2-1-3/h2-9,12-15,18-19,25,28,30-31,36,40,44-45,49H,10-11,16-17,20-22H2,1H3,(H,41,47)(H,42,46);2*1H,(H,2,3)/t25?,28?,30-,31?,36?;;/m0../s1. The molecule has 2 saturated carbocycles. The molecular weight excluding hydrogens is 789 g/mol. The number of H-pyrrole nitrogens is 1. The van der Waals surface area contributed by atoms with Gasteiger partial charge in [-0.25, -0.2) is 4.79 Å². The van der Waals surface area contributed by atoms with Crippen LogP contribution < -0.4 is 16.2 Å². The minimum atomic E-state index is -1.82. The summed E-state index contributed by atoms with van der Waals surface area (Å²) in [5, 5.41) is 56.9. The van der Waals surface area contributed by atoms with Gasteiger partial charge in [0.1, 0.15) is 11.9 Å². The lowest BCUT2D eigenvalue weighted by molar-refractivity contribution is -0.170. The summed E-state index contributed by atoms with van der Waals surface area (Å²) in [5.74, 6) is -0.293. The van der Waals surface area contributed by atoms with Crippen molar-refractivity contribution >= 4 is 58.4 Å². The normalized spacial score (nSPS) is 18.7. The second-order valence-corrected chi connectivity index (χ2v) is 15.8. The molecule has 8 N–H and O–H groups in total. The summed E-state index contributed by atoms with van der Waals surface area (Å²) >= 11 is 2.68. The lowest BCUT2D eigenvalue weighted by Gasteiger charge is -2.31. The fourth-order valence-electron chi connectivity index (χ4n) is 7.95. The van der Waals surface area contributed by atoms with Crippen LogP contribution in [0.3, 0.4) is 0 Å². The van der Waals surface area contributed by atoms with Crippen molar-refractivity contribution in [3.8, 4) is 5.75 Å². The maximum atomic E-state index is 13.6. The number of hydrogen-bond donors (Lipinski definition) is 8. The molecule has 5 atom stereocenters. The summed E-state index contributed by atoms with van der Waals surface area (Å²) in [6, 6.07) is 20.8. The Morgan fingerprint density at radius 1 is 0.983 bits per heavy atom. The third-order valence-electron chi connectivity index (χ3n) is 10.5. The highest BCUT2D eigenvalue weighted by Gasteiger charge is 2.53. The number of aromatic amines is 1. The van der Waals surface area contributed by atoms with E-state index in [0.29, 0.717) is 51.8 Å². The molecule has 2 fully saturated rings. The van der Waals surface area contributed by atoms with Gasteiger partial charge < -0.3 is 50.8 Å². The summed E-state index contributed by atoms with van der Waals surface area (Å²) in [6.07, 6.45) is 1.64. The van der Waals surface area contributed by atoms with E-state index in [9.17, 15) is 29.7 Å². The molecule has 5 aromatic rings. The number of aromatic hydroxyl groups is 1. The molecule has 0 saturated heterocycles. The predicted octanol–water partition coefficient (Wildman–Crippen LogP) is 3.89. The average Bonchev–Trinajstić information content (AvgIpc) is 4.06. The first kappa shape index (κ1) is 43.7. The maximum Gasteiger partial charge on any atom is 0.349 e. The highest BCUT2D eigenvalue weighted by atomic mass is 32.1. The van der Waals surface area contributed by atoms with Gasteiger partial charge in [-0.05, 0) is 90.5 Å². The second kappa shape index (κ2) is 20.3. The topological polar surface area (TPSA) is 239 Å². The largest absolute Gasteiger partial charge is 0.506 e. The molecule has 17 heteroatoms. The third kappa shape index (κ3) is 9.98. The molecule has 3 aromatic heterocycles. The van der Waals surface area contributed by atoms with Crippen LogP contribution >= 0.6 is 22.7 Å². The number of carbonyl (C=O) groups is 4. The Kier molecular flexibility index (Phi) is 15.3. The van der Waals surface area contributed by atoms with E-state index < -0.39 is 17.7 Å². The number of nitrogens with one attached hydrogen (secondary N) is 3. The van der Waals surface area contributed by atoms with Crippen LogP contribution in [0.15, 0.2) is 88.4 Å². The first-order valence-corrected chi connectivity index (χ1v) is 20.2. The van der Waals surface area contributed by atoms with E-state index in [0.717, 1.165) is 24.8 Å². The van der Waals surface area contributed by atoms with Crippen LogP contribution in [0.4, 0.5) is 0 Å². The van der Waals surface area contributed by atoms with Crippen molar-refractivity contribution in [1.29, 1.82) is 0 Å². The van der Waals surface area contributed by atoms with Gasteiger partial charge in [-0.1, -0.05) is 30.3 Å². The van der Waals surface area contributed by atoms with Gasteiger partial charge in [-0.2, -0.15) is 0 Å². The molecule has 2 aromatic carbocycles. The third-order valence-corrected chi connectivity index (χ3v) is 12.5. The number of ether oxygens (including phenoxy) is 1. The van der Waals surface area contributed by atoms with E-state index in [1.54, 1.807) is 36.4 Å². The summed E-state index contributed by atoms with van der Waals surface area (Å²) < 4.78 is 6.12. The van der Waals surface area contributed by atoms with Crippen LogP contribution in [0.2, 0.25) is 0 Å². The van der Waals surface area contributed by atoms with Crippen molar-refractivity contribution < 1.29 is 49.4 Å². The number of carbonyl (C=O) groups excluding carboxylic acids is 2. The Morgan fingerprint density at radius 2 is 1.64 bits per heavy atom. The van der Waals surface area contributed by atoms with Crippen molar-refractivity contribution in [1.82, 2.24) is 20.5 Å². The molecule has 2 aliphatic rings. The van der Waals surface area contributed by atoms with Crippen LogP contribution in [0.25, 0.3) is 10.9 Å². The fraction of sp³-hybridized carbons (Fsp3) is 0.341. The van der Waals surface area contributed by atoms with E-state index >= 15 is 0 Å². The number of rotatable bonds is 14. The number of aliphatic hydroxyl groups excluding tert-OH is 1. The predicted molar refractivity (Wildman–Crippen MR) is 218 cm³/mol. The molecule has 308 valence electrons. The summed E-state index contributed by atoms with van der Waals surface area (Å²) in [5.41, 5.74) is 0.218. The first-order valence-electron chi connectivity index (χ1n) is 18.4. The van der Waals surface area contributed by atoms with Gasteiger partial charge in [0.15, 0.2) is 0 Å². The number of benzene rings is 2. The Balaban J connectivity index is 0.00000101. The summed E-state index contributed by atoms with van der Waals surface area (Å²) in [7, 11) is 2.06. The van der Waals surface area contributed by atoms with Gasteiger partial charge in [0.25, 0.3) is 18.9 Å². The number of phenols is 1. The van der Waals surface area contributed by atoms with E-state index in [4.69, 9.17) is 24.5 Å². The number of aliphatic hydroxyl groups is 2. The van der Waals surface area contributed by atoms with Crippen LogP contribution in [0.5, 0.6) is 5.75 Å². The monoisotopic (exact) mass is 834 g/mol. The Bertz CT molecular complexity index is 2140. The average molecular weight is 835 g/mol. The lowest BCUT2D eigenvalue weighted by atomic mass is 9.96. The van der Waals surface area contributed by atoms with Gasteiger partial charge in [0.2, 0.25) is 11.2 Å². The van der Waals surface area contributed by atoms with E-state index in [2.05, 4.69) is 27.6 Å². The summed E-state index contributed by atoms with van der Waals surface area (Å²) in [6.45, 7) is 1.33. The minimum absolute atomic E-state index is 0.0580. The number of amides is 1. The zero-order valence-electron chi connectivity index (χ0n) is 31.5. The molecule has 1 amide bonds. The van der Waals surface area contributed by atoms with Gasteiger partial charge >= 0.3 is 5.97 Å². The smallest absolute Gasteiger partial charge is 0.349 e. The van der Waals surface area contributed by atoms with Crippen molar-refractivity contribution in [3.05, 3.63) is 120 Å². The summed E-state index contributed by atoms with van der Waals surface area (Å²) in [4.78, 5) is 61.0. The number of nitrogens with zero attached hydrogens (tertiary/aromatic N) is 1. The number of phenolic OH excluding ortho intramolecular Hbond substituents is 1. The molecule has 0 aliphatic heterocycles. The van der Waals surface area contributed by atoms with E-state index in [-0.39, 0.29) is 60.3 Å². The second-order valence-electron chi connectivity index (χ2n) is 13.9. The van der Waals surface area contributed by atoms with E-state index in [1.807, 2.05) is 35.0 Å². The van der Waals surface area contributed by atoms with Gasteiger partial charge in [0, 0.05) is 55.2 Å². The number of fused-ring (bicyclic) bond motifs is 3.